The van der Waals surface area contributed by atoms with Gasteiger partial charge < -0.3 is 19.6 Å². The lowest BCUT2D eigenvalue weighted by molar-refractivity contribution is 0.507. The molecule has 0 unspecified atom stereocenters. The van der Waals surface area contributed by atoms with Crippen molar-refractivity contribution in [1.29, 1.82) is 0 Å². The first kappa shape index (κ1) is 13.4. The highest BCUT2D eigenvalue weighted by Crippen LogP contribution is 2.23. The van der Waals surface area contributed by atoms with Crippen LogP contribution in [0.1, 0.15) is 19.1 Å². The lowest BCUT2D eigenvalue weighted by Gasteiger charge is -2.18. The van der Waals surface area contributed by atoms with Crippen molar-refractivity contribution in [2.45, 2.75) is 19.9 Å². The van der Waals surface area contributed by atoms with Gasteiger partial charge in [0.15, 0.2) is 11.5 Å². The van der Waals surface area contributed by atoms with Crippen molar-refractivity contribution >= 4 is 22.9 Å². The summed E-state index contributed by atoms with van der Waals surface area (Å²) in [6.07, 6.45) is 4.32. The molecular weight excluding hydrogens is 268 g/mol. The second kappa shape index (κ2) is 5.82. The molecule has 0 atom stereocenters. The molecule has 110 valence electrons. The monoisotopic (exact) mass is 286 g/mol. The first-order valence-electron chi connectivity index (χ1n) is 6.96. The Balaban J connectivity index is 1.93. The molecule has 3 aromatic rings. The molecule has 3 rings (SSSR count). The topological polar surface area (TPSA) is 82.9 Å². The third-order valence-electron chi connectivity index (χ3n) is 3.13. The number of nitrogens with zero attached hydrogens (tertiary/aromatic N) is 4. The minimum absolute atomic E-state index is 0.595. The molecule has 0 aliphatic rings. The molecule has 0 aliphatic heterocycles. The van der Waals surface area contributed by atoms with Gasteiger partial charge in [-0.2, -0.15) is 9.97 Å². The number of rotatable bonds is 6. The van der Waals surface area contributed by atoms with E-state index in [4.69, 9.17) is 4.42 Å². The van der Waals surface area contributed by atoms with Crippen LogP contribution in [-0.4, -0.2) is 33.5 Å². The van der Waals surface area contributed by atoms with E-state index in [1.807, 2.05) is 24.1 Å². The van der Waals surface area contributed by atoms with Gasteiger partial charge in [-0.25, -0.2) is 4.98 Å². The van der Waals surface area contributed by atoms with E-state index in [0.717, 1.165) is 30.1 Å². The Morgan fingerprint density at radius 1 is 1.38 bits per heavy atom. The van der Waals surface area contributed by atoms with Crippen molar-refractivity contribution in [3.8, 4) is 0 Å². The maximum absolute atomic E-state index is 5.39. The van der Waals surface area contributed by atoms with Crippen LogP contribution in [0.5, 0.6) is 0 Å². The number of fused-ring (bicyclic) bond motifs is 1. The minimum atomic E-state index is 0.595. The molecule has 0 radical (unpaired) electrons. The fraction of sp³-hybridized carbons (Fsp3) is 0.357. The molecule has 21 heavy (non-hydrogen) atoms. The smallest absolute Gasteiger partial charge is 0.226 e. The Morgan fingerprint density at radius 3 is 3.05 bits per heavy atom. The highest BCUT2D eigenvalue weighted by molar-refractivity contribution is 5.84. The van der Waals surface area contributed by atoms with Gasteiger partial charge in [-0.1, -0.05) is 6.92 Å². The molecule has 0 aromatic carbocycles. The van der Waals surface area contributed by atoms with Gasteiger partial charge in [-0.05, 0) is 18.6 Å². The molecule has 0 saturated heterocycles. The van der Waals surface area contributed by atoms with E-state index in [2.05, 4.69) is 32.2 Å². The lowest BCUT2D eigenvalue weighted by Crippen LogP contribution is -2.19. The van der Waals surface area contributed by atoms with E-state index in [9.17, 15) is 0 Å². The van der Waals surface area contributed by atoms with E-state index < -0.39 is 0 Å². The van der Waals surface area contributed by atoms with Crippen LogP contribution in [0, 0.1) is 0 Å². The van der Waals surface area contributed by atoms with E-state index in [0.29, 0.717) is 18.1 Å². The van der Waals surface area contributed by atoms with Crippen LogP contribution in [0.2, 0.25) is 0 Å². The van der Waals surface area contributed by atoms with E-state index in [1.165, 1.54) is 0 Å². The molecular formula is C14H18N6O. The molecule has 7 heteroatoms. The van der Waals surface area contributed by atoms with Crippen LogP contribution in [-0.2, 0) is 6.54 Å². The Kier molecular flexibility index (Phi) is 3.72. The fourth-order valence-corrected chi connectivity index (χ4v) is 2.12. The van der Waals surface area contributed by atoms with Crippen LogP contribution in [0.4, 0.5) is 11.8 Å². The number of hydrogen-bond donors (Lipinski definition) is 2. The van der Waals surface area contributed by atoms with Crippen molar-refractivity contribution in [2.75, 3.05) is 23.8 Å². The number of aromatic amines is 1. The van der Waals surface area contributed by atoms with E-state index in [1.54, 1.807) is 12.6 Å². The molecule has 0 fully saturated rings. The fourth-order valence-electron chi connectivity index (χ4n) is 2.12. The molecule has 3 heterocycles. The van der Waals surface area contributed by atoms with Crippen molar-refractivity contribution in [2.24, 2.45) is 0 Å². The van der Waals surface area contributed by atoms with Gasteiger partial charge in [0, 0.05) is 13.6 Å². The van der Waals surface area contributed by atoms with E-state index in [-0.39, 0.29) is 0 Å². The summed E-state index contributed by atoms with van der Waals surface area (Å²) in [5.41, 5.74) is 1.48. The van der Waals surface area contributed by atoms with Crippen LogP contribution in [0.15, 0.2) is 29.1 Å². The first-order valence-corrected chi connectivity index (χ1v) is 6.96. The number of H-pyrrole nitrogens is 1. The molecule has 0 spiro atoms. The molecule has 2 N–H and O–H groups in total. The van der Waals surface area contributed by atoms with Crippen LogP contribution >= 0.6 is 0 Å². The average Bonchev–Trinajstić information content (AvgIpc) is 3.14. The summed E-state index contributed by atoms with van der Waals surface area (Å²) in [4.78, 5) is 18.3. The number of furan rings is 1. The van der Waals surface area contributed by atoms with Gasteiger partial charge in [-0.15, -0.1) is 0 Å². The zero-order valence-electron chi connectivity index (χ0n) is 12.1. The second-order valence-corrected chi connectivity index (χ2v) is 4.83. The van der Waals surface area contributed by atoms with Gasteiger partial charge in [0.05, 0.1) is 19.1 Å². The number of aromatic nitrogens is 4. The number of hydrogen-bond acceptors (Lipinski definition) is 6. The standard InChI is InChI=1S/C14H18N6O/c1-3-6-15-14-18-12-11(16-9-17-12)13(19-14)20(2)8-10-5-4-7-21-10/h4-5,7,9H,3,6,8H2,1-2H3,(H2,15,16,17,18,19). The van der Waals surface area contributed by atoms with Crippen molar-refractivity contribution in [3.63, 3.8) is 0 Å². The van der Waals surface area contributed by atoms with Gasteiger partial charge >= 0.3 is 0 Å². The summed E-state index contributed by atoms with van der Waals surface area (Å²) in [6, 6.07) is 3.82. The van der Waals surface area contributed by atoms with Crippen molar-refractivity contribution in [3.05, 3.63) is 30.5 Å². The Bertz CT molecular complexity index is 705. The number of nitrogens with one attached hydrogen (secondary N) is 2. The third kappa shape index (κ3) is 2.81. The Labute approximate surface area is 122 Å². The Morgan fingerprint density at radius 2 is 2.29 bits per heavy atom. The second-order valence-electron chi connectivity index (χ2n) is 4.83. The molecule has 0 bridgehead atoms. The normalized spacial score (nSPS) is 11.0. The van der Waals surface area contributed by atoms with Crippen LogP contribution in [0.25, 0.3) is 11.2 Å². The van der Waals surface area contributed by atoms with Gasteiger partial charge in [0.1, 0.15) is 11.3 Å². The van der Waals surface area contributed by atoms with E-state index >= 15 is 0 Å². The van der Waals surface area contributed by atoms with Crippen molar-refractivity contribution < 1.29 is 4.42 Å². The summed E-state index contributed by atoms with van der Waals surface area (Å²) < 4.78 is 5.39. The molecule has 0 aliphatic carbocycles. The summed E-state index contributed by atoms with van der Waals surface area (Å²) >= 11 is 0. The maximum atomic E-state index is 5.39. The Hall–Kier alpha value is -2.57. The SMILES string of the molecule is CCCNc1nc(N(C)Cc2ccco2)c2[nH]cnc2n1. The van der Waals surface area contributed by atoms with Crippen LogP contribution < -0.4 is 10.2 Å². The largest absolute Gasteiger partial charge is 0.467 e. The molecule has 7 nitrogen and oxygen atoms in total. The first-order chi connectivity index (χ1) is 10.3. The maximum Gasteiger partial charge on any atom is 0.226 e. The lowest BCUT2D eigenvalue weighted by atomic mass is 10.4. The van der Waals surface area contributed by atoms with Crippen molar-refractivity contribution in [1.82, 2.24) is 19.9 Å². The summed E-state index contributed by atoms with van der Waals surface area (Å²) in [7, 11) is 1.97. The quantitative estimate of drug-likeness (QED) is 0.724. The summed E-state index contributed by atoms with van der Waals surface area (Å²) in [5, 5.41) is 3.20. The summed E-state index contributed by atoms with van der Waals surface area (Å²) in [5.74, 6) is 2.28. The summed E-state index contributed by atoms with van der Waals surface area (Å²) in [6.45, 7) is 3.56. The molecule has 0 amide bonds. The van der Waals surface area contributed by atoms with Crippen LogP contribution in [0.3, 0.4) is 0 Å². The highest BCUT2D eigenvalue weighted by atomic mass is 16.3. The third-order valence-corrected chi connectivity index (χ3v) is 3.13. The van der Waals surface area contributed by atoms with Gasteiger partial charge in [0.2, 0.25) is 5.95 Å². The highest BCUT2D eigenvalue weighted by Gasteiger charge is 2.14. The predicted molar refractivity (Wildman–Crippen MR) is 81.3 cm³/mol. The molecule has 0 saturated carbocycles. The van der Waals surface area contributed by atoms with Gasteiger partial charge in [0.25, 0.3) is 0 Å². The average molecular weight is 286 g/mol. The number of imidazole rings is 1. The zero-order valence-corrected chi connectivity index (χ0v) is 12.1. The van der Waals surface area contributed by atoms with Gasteiger partial charge in [-0.3, -0.25) is 0 Å². The molecule has 3 aromatic heterocycles. The zero-order chi connectivity index (χ0) is 14.7. The number of anilines is 2. The minimum Gasteiger partial charge on any atom is -0.467 e. The predicted octanol–water partition coefficient (Wildman–Crippen LogP) is 2.40.